The number of nitrogens with zero attached hydrogens (tertiary/aromatic N) is 1. The van der Waals surface area contributed by atoms with Crippen LogP contribution in [0.1, 0.15) is 12.8 Å². The Morgan fingerprint density at radius 3 is 2.50 bits per heavy atom. The molecule has 0 saturated heterocycles. The van der Waals surface area contributed by atoms with Gasteiger partial charge in [0.1, 0.15) is 0 Å². The Labute approximate surface area is 67.0 Å². The largest absolute Gasteiger partial charge is 0.342 e. The molecule has 0 atom stereocenters. The van der Waals surface area contributed by atoms with Crippen molar-refractivity contribution in [3.05, 3.63) is 0 Å². The van der Waals surface area contributed by atoms with Gasteiger partial charge >= 0.3 is 0 Å². The van der Waals surface area contributed by atoms with Gasteiger partial charge < -0.3 is 10.6 Å². The van der Waals surface area contributed by atoms with Gasteiger partial charge in [0.2, 0.25) is 5.91 Å². The second-order valence-corrected chi connectivity index (χ2v) is 2.44. The lowest BCUT2D eigenvalue weighted by Crippen LogP contribution is -2.34. The van der Waals surface area contributed by atoms with E-state index in [1.165, 1.54) is 0 Å². The normalized spacial score (nSPS) is 15.8. The Bertz CT molecular complexity index is 125. The highest BCUT2D eigenvalue weighted by Crippen LogP contribution is 2.24. The number of hydrogen-bond acceptors (Lipinski definition) is 2. The van der Waals surface area contributed by atoms with Crippen LogP contribution in [0.2, 0.25) is 0 Å². The molecule has 3 nitrogen and oxygen atoms in total. The van der Waals surface area contributed by atoms with Crippen molar-refractivity contribution < 1.29 is 4.79 Å². The number of halogens is 1. The maximum absolute atomic E-state index is 10.8. The minimum Gasteiger partial charge on any atom is -0.342 e. The van der Waals surface area contributed by atoms with Gasteiger partial charge in [0.05, 0.1) is 6.54 Å². The molecule has 0 unspecified atom stereocenters. The van der Waals surface area contributed by atoms with Crippen LogP contribution in [0.5, 0.6) is 0 Å². The zero-order valence-corrected chi connectivity index (χ0v) is 6.86. The second kappa shape index (κ2) is 3.78. The summed E-state index contributed by atoms with van der Waals surface area (Å²) in [6.07, 6.45) is 2.31. The molecule has 0 radical (unpaired) electrons. The van der Waals surface area contributed by atoms with Gasteiger partial charge in [-0.2, -0.15) is 0 Å². The topological polar surface area (TPSA) is 46.3 Å². The van der Waals surface area contributed by atoms with E-state index in [4.69, 9.17) is 5.73 Å². The predicted octanol–water partition coefficient (Wildman–Crippen LogP) is -0.0123. The van der Waals surface area contributed by atoms with Crippen molar-refractivity contribution in [3.8, 4) is 0 Å². The summed E-state index contributed by atoms with van der Waals surface area (Å²) in [6.45, 7) is 0.146. The maximum atomic E-state index is 10.8. The Hall–Kier alpha value is -0.280. The SMILES string of the molecule is CN(C(=O)CN)C1CC1.Cl. The first-order valence-corrected chi connectivity index (χ1v) is 3.21. The van der Waals surface area contributed by atoms with Crippen molar-refractivity contribution in [3.63, 3.8) is 0 Å². The number of likely N-dealkylation sites (N-methyl/N-ethyl adjacent to an activating group) is 1. The van der Waals surface area contributed by atoms with E-state index in [-0.39, 0.29) is 24.9 Å². The standard InChI is InChI=1S/C6H12N2O.ClH/c1-8(5-2-3-5)6(9)4-7;/h5H,2-4,7H2,1H3;1H. The lowest BCUT2D eigenvalue weighted by atomic mass is 10.5. The van der Waals surface area contributed by atoms with Crippen molar-refractivity contribution >= 4 is 18.3 Å². The first-order valence-electron chi connectivity index (χ1n) is 3.21. The first-order chi connectivity index (χ1) is 4.25. The predicted molar refractivity (Wildman–Crippen MR) is 42.1 cm³/mol. The van der Waals surface area contributed by atoms with Crippen LogP contribution in [0.25, 0.3) is 0 Å². The van der Waals surface area contributed by atoms with Crippen LogP contribution in [0.3, 0.4) is 0 Å². The summed E-state index contributed by atoms with van der Waals surface area (Å²) in [5, 5.41) is 0. The minimum atomic E-state index is 0. The van der Waals surface area contributed by atoms with Gasteiger partial charge in [-0.05, 0) is 12.8 Å². The third-order valence-corrected chi connectivity index (χ3v) is 1.66. The fourth-order valence-electron chi connectivity index (χ4n) is 0.809. The van der Waals surface area contributed by atoms with Crippen LogP contribution >= 0.6 is 12.4 Å². The number of rotatable bonds is 2. The summed E-state index contributed by atoms with van der Waals surface area (Å²) in [5.41, 5.74) is 5.15. The van der Waals surface area contributed by atoms with Crippen LogP contribution in [0, 0.1) is 0 Å². The lowest BCUT2D eigenvalue weighted by Gasteiger charge is -2.13. The molecule has 1 rings (SSSR count). The highest BCUT2D eigenvalue weighted by molar-refractivity contribution is 5.85. The Balaban J connectivity index is 0.000000810. The van der Waals surface area contributed by atoms with E-state index >= 15 is 0 Å². The molecular formula is C6H13ClN2O. The fourth-order valence-corrected chi connectivity index (χ4v) is 0.809. The van der Waals surface area contributed by atoms with Gasteiger partial charge in [-0.1, -0.05) is 0 Å². The third-order valence-electron chi connectivity index (χ3n) is 1.66. The number of nitrogens with two attached hydrogens (primary N) is 1. The molecule has 0 bridgehead atoms. The summed E-state index contributed by atoms with van der Waals surface area (Å²) in [4.78, 5) is 12.5. The van der Waals surface area contributed by atoms with E-state index in [9.17, 15) is 4.79 Å². The van der Waals surface area contributed by atoms with Crippen molar-refractivity contribution in [2.75, 3.05) is 13.6 Å². The average molecular weight is 165 g/mol. The fraction of sp³-hybridized carbons (Fsp3) is 0.833. The smallest absolute Gasteiger partial charge is 0.236 e. The molecule has 0 heterocycles. The molecule has 4 heteroatoms. The van der Waals surface area contributed by atoms with Crippen LogP contribution in [-0.4, -0.2) is 30.4 Å². The molecule has 1 saturated carbocycles. The summed E-state index contributed by atoms with van der Waals surface area (Å²) >= 11 is 0. The number of carbonyl (C=O) groups is 1. The van der Waals surface area contributed by atoms with E-state index in [2.05, 4.69) is 0 Å². The molecule has 1 amide bonds. The van der Waals surface area contributed by atoms with E-state index in [1.807, 2.05) is 7.05 Å². The highest BCUT2D eigenvalue weighted by atomic mass is 35.5. The van der Waals surface area contributed by atoms with Gasteiger partial charge in [-0.3, -0.25) is 4.79 Å². The number of carbonyl (C=O) groups excluding carboxylic acids is 1. The van der Waals surface area contributed by atoms with Crippen molar-refractivity contribution in [1.82, 2.24) is 4.90 Å². The van der Waals surface area contributed by atoms with Gasteiger partial charge in [-0.25, -0.2) is 0 Å². The van der Waals surface area contributed by atoms with E-state index in [0.29, 0.717) is 6.04 Å². The molecule has 1 aliphatic rings. The first kappa shape index (κ1) is 9.72. The van der Waals surface area contributed by atoms with Crippen molar-refractivity contribution in [1.29, 1.82) is 0 Å². The molecule has 10 heavy (non-hydrogen) atoms. The van der Waals surface area contributed by atoms with E-state index < -0.39 is 0 Å². The molecule has 0 aromatic rings. The molecule has 60 valence electrons. The zero-order chi connectivity index (χ0) is 6.85. The lowest BCUT2D eigenvalue weighted by molar-refractivity contribution is -0.128. The molecule has 0 aromatic heterocycles. The highest BCUT2D eigenvalue weighted by Gasteiger charge is 2.28. The summed E-state index contributed by atoms with van der Waals surface area (Å²) in [6, 6.07) is 0.501. The molecule has 0 aliphatic heterocycles. The van der Waals surface area contributed by atoms with Gasteiger partial charge in [-0.15, -0.1) is 12.4 Å². The minimum absolute atomic E-state index is 0. The maximum Gasteiger partial charge on any atom is 0.236 e. The van der Waals surface area contributed by atoms with Gasteiger partial charge in [0, 0.05) is 13.1 Å². The van der Waals surface area contributed by atoms with Crippen molar-refractivity contribution in [2.45, 2.75) is 18.9 Å². The summed E-state index contributed by atoms with van der Waals surface area (Å²) < 4.78 is 0. The quantitative estimate of drug-likeness (QED) is 0.624. The zero-order valence-electron chi connectivity index (χ0n) is 6.04. The summed E-state index contributed by atoms with van der Waals surface area (Å²) in [7, 11) is 1.81. The monoisotopic (exact) mass is 164 g/mol. The van der Waals surface area contributed by atoms with Crippen LogP contribution in [0.4, 0.5) is 0 Å². The number of amides is 1. The van der Waals surface area contributed by atoms with Crippen LogP contribution in [-0.2, 0) is 4.79 Å². The van der Waals surface area contributed by atoms with Crippen molar-refractivity contribution in [2.24, 2.45) is 5.73 Å². The molecule has 1 fully saturated rings. The van der Waals surface area contributed by atoms with Gasteiger partial charge in [0.25, 0.3) is 0 Å². The molecule has 0 spiro atoms. The molecule has 1 aliphatic carbocycles. The average Bonchev–Trinajstić information content (AvgIpc) is 2.66. The Morgan fingerprint density at radius 2 is 2.20 bits per heavy atom. The molecule has 0 aromatic carbocycles. The number of hydrogen-bond donors (Lipinski definition) is 1. The molecule has 2 N–H and O–H groups in total. The Morgan fingerprint density at radius 1 is 1.70 bits per heavy atom. The summed E-state index contributed by atoms with van der Waals surface area (Å²) in [5.74, 6) is 0.0532. The third kappa shape index (κ3) is 2.15. The van der Waals surface area contributed by atoms with E-state index in [1.54, 1.807) is 4.90 Å². The van der Waals surface area contributed by atoms with E-state index in [0.717, 1.165) is 12.8 Å². The molecular weight excluding hydrogens is 152 g/mol. The van der Waals surface area contributed by atoms with Gasteiger partial charge in [0.15, 0.2) is 0 Å². The van der Waals surface area contributed by atoms with Crippen LogP contribution in [0.15, 0.2) is 0 Å². The Kier molecular flexibility index (Phi) is 3.68. The second-order valence-electron chi connectivity index (χ2n) is 2.44. The van der Waals surface area contributed by atoms with Crippen LogP contribution < -0.4 is 5.73 Å².